The number of guanidine groups is 1. The lowest BCUT2D eigenvalue weighted by Crippen LogP contribution is -2.30. The first kappa shape index (κ1) is 23.2. The molecule has 0 radical (unpaired) electrons. The zero-order chi connectivity index (χ0) is 18.8. The number of aliphatic imine (C=N–C) groups is 1. The van der Waals surface area contributed by atoms with Crippen LogP contribution in [0.25, 0.3) is 0 Å². The fourth-order valence-corrected chi connectivity index (χ4v) is 2.23. The van der Waals surface area contributed by atoms with Gasteiger partial charge in [0, 0.05) is 45.0 Å². The Labute approximate surface area is 177 Å². The van der Waals surface area contributed by atoms with Crippen LogP contribution < -0.4 is 15.4 Å². The van der Waals surface area contributed by atoms with Gasteiger partial charge in [0.1, 0.15) is 5.75 Å². The molecule has 7 nitrogen and oxygen atoms in total. The van der Waals surface area contributed by atoms with E-state index in [1.54, 1.807) is 14.2 Å². The van der Waals surface area contributed by atoms with Crippen molar-refractivity contribution in [2.45, 2.75) is 32.7 Å². The smallest absolute Gasteiger partial charge is 0.195 e. The molecule has 2 aromatic rings. The number of aromatic nitrogens is 1. The van der Waals surface area contributed by atoms with Gasteiger partial charge >= 0.3 is 0 Å². The number of ether oxygens (including phenoxy) is 2. The molecule has 0 saturated carbocycles. The van der Waals surface area contributed by atoms with Crippen molar-refractivity contribution < 1.29 is 14.0 Å². The molecule has 0 unspecified atom stereocenters. The maximum absolute atomic E-state index is 5.71. The second-order valence-corrected chi connectivity index (χ2v) is 6.15. The number of benzene rings is 1. The summed E-state index contributed by atoms with van der Waals surface area (Å²) in [6, 6.07) is 9.72. The summed E-state index contributed by atoms with van der Waals surface area (Å²) in [5, 5.41) is 10.5. The zero-order valence-electron chi connectivity index (χ0n) is 16.3. The van der Waals surface area contributed by atoms with E-state index >= 15 is 0 Å². The molecule has 1 heterocycles. The average Bonchev–Trinajstić information content (AvgIpc) is 3.12. The highest BCUT2D eigenvalue weighted by Gasteiger charge is 2.08. The van der Waals surface area contributed by atoms with Crippen LogP contribution in [0.2, 0.25) is 0 Å². The van der Waals surface area contributed by atoms with E-state index in [9.17, 15) is 0 Å². The van der Waals surface area contributed by atoms with Gasteiger partial charge in [0.05, 0.1) is 18.8 Å². The minimum absolute atomic E-state index is 0. The van der Waals surface area contributed by atoms with E-state index in [-0.39, 0.29) is 24.0 Å². The van der Waals surface area contributed by atoms with Gasteiger partial charge in [-0.2, -0.15) is 0 Å². The van der Waals surface area contributed by atoms with Gasteiger partial charge in [0.15, 0.2) is 11.7 Å². The van der Waals surface area contributed by atoms with E-state index in [2.05, 4.69) is 34.6 Å². The number of hydrogen-bond acceptors (Lipinski definition) is 5. The van der Waals surface area contributed by atoms with Crippen LogP contribution in [0.5, 0.6) is 5.75 Å². The molecule has 0 spiro atoms. The van der Waals surface area contributed by atoms with Gasteiger partial charge in [0.2, 0.25) is 0 Å². The molecule has 2 N–H and O–H groups in total. The van der Waals surface area contributed by atoms with Gasteiger partial charge in [-0.05, 0) is 18.1 Å². The van der Waals surface area contributed by atoms with Gasteiger partial charge in [-0.1, -0.05) is 25.1 Å². The number of nitrogens with one attached hydrogen (secondary N) is 2. The number of methoxy groups -OCH3 is 1. The van der Waals surface area contributed by atoms with Gasteiger partial charge < -0.3 is 24.6 Å². The Kier molecular flexibility index (Phi) is 10.8. The number of anilines is 1. The fourth-order valence-electron chi connectivity index (χ4n) is 2.23. The van der Waals surface area contributed by atoms with Crippen molar-refractivity contribution in [1.82, 2.24) is 10.5 Å². The predicted molar refractivity (Wildman–Crippen MR) is 118 cm³/mol. The van der Waals surface area contributed by atoms with E-state index in [4.69, 9.17) is 14.0 Å². The molecular formula is C19H29IN4O3. The largest absolute Gasteiger partial charge is 0.493 e. The van der Waals surface area contributed by atoms with Crippen molar-refractivity contribution in [3.63, 3.8) is 0 Å². The van der Waals surface area contributed by atoms with Gasteiger partial charge in [-0.15, -0.1) is 24.0 Å². The van der Waals surface area contributed by atoms with Crippen molar-refractivity contribution in [1.29, 1.82) is 0 Å². The summed E-state index contributed by atoms with van der Waals surface area (Å²) in [6.45, 7) is 5.98. The summed E-state index contributed by atoms with van der Waals surface area (Å²) in [5.74, 6) is 2.56. The Morgan fingerprint density at radius 2 is 2.07 bits per heavy atom. The van der Waals surface area contributed by atoms with Crippen molar-refractivity contribution in [2.75, 3.05) is 32.7 Å². The molecule has 2 rings (SSSR count). The summed E-state index contributed by atoms with van der Waals surface area (Å²) in [6.07, 6.45) is 0.854. The molecule has 0 bridgehead atoms. The topological polar surface area (TPSA) is 80.9 Å². The van der Waals surface area contributed by atoms with Crippen molar-refractivity contribution >= 4 is 35.6 Å². The van der Waals surface area contributed by atoms with Crippen LogP contribution in [0.4, 0.5) is 5.69 Å². The maximum atomic E-state index is 5.71. The summed E-state index contributed by atoms with van der Waals surface area (Å²) >= 11 is 0. The SMILES string of the molecule is CN=C(NCc1cc(C(C)C)no1)Nc1cccc(OCCCOC)c1.I. The summed E-state index contributed by atoms with van der Waals surface area (Å²) in [5.41, 5.74) is 1.84. The normalized spacial score (nSPS) is 11.2. The van der Waals surface area contributed by atoms with Crippen LogP contribution in [0.3, 0.4) is 0 Å². The Hall–Kier alpha value is -1.81. The molecular weight excluding hydrogens is 459 g/mol. The van der Waals surface area contributed by atoms with Gasteiger partial charge in [-0.25, -0.2) is 0 Å². The molecule has 1 aromatic heterocycles. The number of nitrogens with zero attached hydrogens (tertiary/aromatic N) is 2. The number of halogens is 1. The first-order valence-electron chi connectivity index (χ1n) is 8.77. The van der Waals surface area contributed by atoms with E-state index in [1.165, 1.54) is 0 Å². The Bertz CT molecular complexity index is 704. The highest BCUT2D eigenvalue weighted by molar-refractivity contribution is 14.0. The van der Waals surface area contributed by atoms with E-state index in [0.29, 0.717) is 31.6 Å². The molecule has 0 saturated heterocycles. The van der Waals surface area contributed by atoms with Crippen LogP contribution >= 0.6 is 24.0 Å². The van der Waals surface area contributed by atoms with Gasteiger partial charge in [0.25, 0.3) is 0 Å². The predicted octanol–water partition coefficient (Wildman–Crippen LogP) is 4.02. The third-order valence-corrected chi connectivity index (χ3v) is 3.68. The molecule has 0 fully saturated rings. The van der Waals surface area contributed by atoms with Crippen LogP contribution in [0.15, 0.2) is 39.8 Å². The Balaban J connectivity index is 0.00000364. The Morgan fingerprint density at radius 1 is 1.26 bits per heavy atom. The molecule has 0 amide bonds. The maximum Gasteiger partial charge on any atom is 0.195 e. The molecule has 150 valence electrons. The van der Waals surface area contributed by atoms with Crippen LogP contribution in [0, 0.1) is 0 Å². The third kappa shape index (κ3) is 8.17. The summed E-state index contributed by atoms with van der Waals surface area (Å²) < 4.78 is 16.1. The molecule has 0 aliphatic rings. The van der Waals surface area contributed by atoms with Crippen molar-refractivity contribution in [2.24, 2.45) is 4.99 Å². The lowest BCUT2D eigenvalue weighted by atomic mass is 10.1. The molecule has 0 atom stereocenters. The lowest BCUT2D eigenvalue weighted by Gasteiger charge is -2.12. The minimum Gasteiger partial charge on any atom is -0.493 e. The monoisotopic (exact) mass is 488 g/mol. The first-order valence-corrected chi connectivity index (χ1v) is 8.77. The van der Waals surface area contributed by atoms with E-state index < -0.39 is 0 Å². The minimum atomic E-state index is 0. The standard InChI is InChI=1S/C19H28N4O3.HI/c1-14(2)18-12-17(26-23-18)13-21-19(20-3)22-15-7-5-8-16(11-15)25-10-6-9-24-4;/h5,7-8,11-12,14H,6,9-10,13H2,1-4H3,(H2,20,21,22);1H. The molecule has 0 aliphatic carbocycles. The molecule has 1 aromatic carbocycles. The average molecular weight is 488 g/mol. The zero-order valence-corrected chi connectivity index (χ0v) is 18.7. The highest BCUT2D eigenvalue weighted by atomic mass is 127. The fraction of sp³-hybridized carbons (Fsp3) is 0.474. The summed E-state index contributed by atoms with van der Waals surface area (Å²) in [7, 11) is 3.41. The molecule has 0 aliphatic heterocycles. The van der Waals surface area contributed by atoms with Crippen LogP contribution in [-0.2, 0) is 11.3 Å². The molecule has 8 heteroatoms. The second kappa shape index (κ2) is 12.6. The van der Waals surface area contributed by atoms with Crippen molar-refractivity contribution in [3.05, 3.63) is 41.8 Å². The van der Waals surface area contributed by atoms with Crippen LogP contribution in [-0.4, -0.2) is 38.5 Å². The quantitative estimate of drug-likeness (QED) is 0.240. The Morgan fingerprint density at radius 3 is 2.74 bits per heavy atom. The number of hydrogen-bond donors (Lipinski definition) is 2. The van der Waals surface area contributed by atoms with Gasteiger partial charge in [-0.3, -0.25) is 4.99 Å². The molecule has 27 heavy (non-hydrogen) atoms. The third-order valence-electron chi connectivity index (χ3n) is 3.68. The summed E-state index contributed by atoms with van der Waals surface area (Å²) in [4.78, 5) is 4.23. The van der Waals surface area contributed by atoms with Crippen molar-refractivity contribution in [3.8, 4) is 5.75 Å². The number of rotatable bonds is 9. The van der Waals surface area contributed by atoms with E-state index in [1.807, 2.05) is 30.3 Å². The van der Waals surface area contributed by atoms with Crippen LogP contribution in [0.1, 0.15) is 37.6 Å². The first-order chi connectivity index (χ1) is 12.6. The van der Waals surface area contributed by atoms with E-state index in [0.717, 1.165) is 29.3 Å². The second-order valence-electron chi connectivity index (χ2n) is 6.15. The lowest BCUT2D eigenvalue weighted by molar-refractivity contribution is 0.172. The highest BCUT2D eigenvalue weighted by Crippen LogP contribution is 2.18.